The lowest BCUT2D eigenvalue weighted by Gasteiger charge is -2.27. The summed E-state index contributed by atoms with van der Waals surface area (Å²) in [6, 6.07) is 49.1. The molecule has 0 bridgehead atoms. The predicted octanol–water partition coefficient (Wildman–Crippen LogP) is 9.59. The molecule has 0 aliphatic rings. The van der Waals surface area contributed by atoms with Gasteiger partial charge in [0.1, 0.15) is 0 Å². The number of hydrogen-bond acceptors (Lipinski definition) is 2. The summed E-state index contributed by atoms with van der Waals surface area (Å²) in [6.07, 6.45) is 0. The lowest BCUT2D eigenvalue weighted by Crippen LogP contribution is -2.10. The number of anilines is 3. The average Bonchev–Trinajstić information content (AvgIpc) is 2.97. The van der Waals surface area contributed by atoms with Gasteiger partial charge in [-0.15, -0.1) is 0 Å². The summed E-state index contributed by atoms with van der Waals surface area (Å²) < 4.78 is 0. The molecule has 0 saturated carbocycles. The SMILES string of the molecule is N#Cc1ccc(N(c2ccc(-c3ccccc3)cc2)c2cc3ccc4cccc5ccc(c2)c3c45)cc1. The van der Waals surface area contributed by atoms with Gasteiger partial charge in [-0.25, -0.2) is 0 Å². The lowest BCUT2D eigenvalue weighted by molar-refractivity contribution is 1.29. The molecule has 0 amide bonds. The van der Waals surface area contributed by atoms with Crippen LogP contribution in [0.5, 0.6) is 0 Å². The normalized spacial score (nSPS) is 11.2. The third-order valence-electron chi connectivity index (χ3n) is 7.19. The third-order valence-corrected chi connectivity index (χ3v) is 7.19. The third kappa shape index (κ3) is 3.57. The highest BCUT2D eigenvalue weighted by atomic mass is 15.1. The molecule has 0 N–H and O–H groups in total. The van der Waals surface area contributed by atoms with Crippen LogP contribution in [0.3, 0.4) is 0 Å². The first-order valence-electron chi connectivity index (χ1n) is 12.4. The van der Waals surface area contributed by atoms with E-state index >= 15 is 0 Å². The van der Waals surface area contributed by atoms with Gasteiger partial charge in [0.05, 0.1) is 11.6 Å². The Bertz CT molecular complexity index is 1850. The molecule has 0 unspecified atom stereocenters. The number of benzene rings is 7. The van der Waals surface area contributed by atoms with Crippen molar-refractivity contribution in [2.24, 2.45) is 0 Å². The zero-order chi connectivity index (χ0) is 24.8. The fourth-order valence-electron chi connectivity index (χ4n) is 5.43. The highest BCUT2D eigenvalue weighted by Gasteiger charge is 2.16. The quantitative estimate of drug-likeness (QED) is 0.239. The fourth-order valence-corrected chi connectivity index (χ4v) is 5.43. The smallest absolute Gasteiger partial charge is 0.0991 e. The highest BCUT2D eigenvalue weighted by molar-refractivity contribution is 6.23. The molecular formula is C35H22N2. The summed E-state index contributed by atoms with van der Waals surface area (Å²) in [4.78, 5) is 2.27. The van der Waals surface area contributed by atoms with Gasteiger partial charge in [0.2, 0.25) is 0 Å². The molecule has 0 atom stereocenters. The Morgan fingerprint density at radius 2 is 0.946 bits per heavy atom. The first kappa shape index (κ1) is 21.2. The van der Waals surface area contributed by atoms with Gasteiger partial charge in [0.15, 0.2) is 0 Å². The maximum Gasteiger partial charge on any atom is 0.0991 e. The molecule has 2 heteroatoms. The van der Waals surface area contributed by atoms with Crippen LogP contribution < -0.4 is 4.90 Å². The molecule has 0 aliphatic heterocycles. The maximum atomic E-state index is 9.35. The molecule has 2 nitrogen and oxygen atoms in total. The van der Waals surface area contributed by atoms with Gasteiger partial charge >= 0.3 is 0 Å². The standard InChI is InChI=1S/C35H22N2/c36-23-24-9-17-31(18-10-24)37(32-19-15-26(16-20-32)25-5-2-1-3-6-25)33-21-29-13-11-27-7-4-8-28-12-14-30(22-33)35(29)34(27)28/h1-22H. The second-order valence-corrected chi connectivity index (χ2v) is 9.38. The number of nitriles is 1. The largest absolute Gasteiger partial charge is 0.310 e. The Morgan fingerprint density at radius 1 is 0.432 bits per heavy atom. The first-order chi connectivity index (χ1) is 18.3. The zero-order valence-corrected chi connectivity index (χ0v) is 20.1. The average molecular weight is 471 g/mol. The van der Waals surface area contributed by atoms with E-state index in [0.717, 1.165) is 17.1 Å². The molecule has 7 aromatic rings. The summed E-state index contributed by atoms with van der Waals surface area (Å²) in [5, 5.41) is 16.9. The van der Waals surface area contributed by atoms with Crippen molar-refractivity contribution in [3.63, 3.8) is 0 Å². The molecule has 172 valence electrons. The lowest BCUT2D eigenvalue weighted by atomic mass is 9.93. The van der Waals surface area contributed by atoms with Crippen LogP contribution in [-0.2, 0) is 0 Å². The van der Waals surface area contributed by atoms with Crippen molar-refractivity contribution in [2.45, 2.75) is 0 Å². The summed E-state index contributed by atoms with van der Waals surface area (Å²) in [5.74, 6) is 0. The Morgan fingerprint density at radius 3 is 1.54 bits per heavy atom. The van der Waals surface area contributed by atoms with Gasteiger partial charge in [-0.2, -0.15) is 5.26 Å². The van der Waals surface area contributed by atoms with Crippen LogP contribution in [0.4, 0.5) is 17.1 Å². The first-order valence-corrected chi connectivity index (χ1v) is 12.4. The van der Waals surface area contributed by atoms with Crippen LogP contribution in [0, 0.1) is 11.3 Å². The molecule has 7 aromatic carbocycles. The van der Waals surface area contributed by atoms with E-state index in [1.807, 2.05) is 30.3 Å². The summed E-state index contributed by atoms with van der Waals surface area (Å²) in [5.41, 5.74) is 6.19. The van der Waals surface area contributed by atoms with Crippen molar-refractivity contribution in [2.75, 3.05) is 4.90 Å². The number of nitrogens with zero attached hydrogens (tertiary/aromatic N) is 2. The van der Waals surface area contributed by atoms with Crippen LogP contribution in [0.25, 0.3) is 43.4 Å². The Labute approximate surface area is 215 Å². The van der Waals surface area contributed by atoms with Gasteiger partial charge in [0, 0.05) is 17.1 Å². The molecule has 0 aromatic heterocycles. The minimum Gasteiger partial charge on any atom is -0.310 e. The molecular weight excluding hydrogens is 448 g/mol. The number of rotatable bonds is 4. The second kappa shape index (κ2) is 8.52. The van der Waals surface area contributed by atoms with Crippen molar-refractivity contribution in [1.82, 2.24) is 0 Å². The van der Waals surface area contributed by atoms with Crippen LogP contribution in [-0.4, -0.2) is 0 Å². The fraction of sp³-hybridized carbons (Fsp3) is 0. The van der Waals surface area contributed by atoms with Crippen LogP contribution >= 0.6 is 0 Å². The zero-order valence-electron chi connectivity index (χ0n) is 20.1. The van der Waals surface area contributed by atoms with Crippen molar-refractivity contribution < 1.29 is 0 Å². The van der Waals surface area contributed by atoms with E-state index in [9.17, 15) is 5.26 Å². The van der Waals surface area contributed by atoms with E-state index in [4.69, 9.17) is 0 Å². The van der Waals surface area contributed by atoms with E-state index in [2.05, 4.69) is 114 Å². The summed E-state index contributed by atoms with van der Waals surface area (Å²) >= 11 is 0. The molecule has 0 radical (unpaired) electrons. The van der Waals surface area contributed by atoms with Gasteiger partial charge in [0.25, 0.3) is 0 Å². The van der Waals surface area contributed by atoms with Gasteiger partial charge in [-0.1, -0.05) is 84.9 Å². The van der Waals surface area contributed by atoms with Gasteiger partial charge in [-0.3, -0.25) is 0 Å². The van der Waals surface area contributed by atoms with Crippen molar-refractivity contribution in [3.05, 3.63) is 139 Å². The Kier molecular flexibility index (Phi) is 4.87. The molecule has 0 spiro atoms. The Hall–Kier alpha value is -5.13. The monoisotopic (exact) mass is 470 g/mol. The minimum atomic E-state index is 0.652. The van der Waals surface area contributed by atoms with E-state index in [1.54, 1.807) is 0 Å². The summed E-state index contributed by atoms with van der Waals surface area (Å²) in [7, 11) is 0. The van der Waals surface area contributed by atoms with Crippen LogP contribution in [0.2, 0.25) is 0 Å². The topological polar surface area (TPSA) is 27.0 Å². The Balaban J connectivity index is 1.42. The summed E-state index contributed by atoms with van der Waals surface area (Å²) in [6.45, 7) is 0. The van der Waals surface area contributed by atoms with E-state index < -0.39 is 0 Å². The maximum absolute atomic E-state index is 9.35. The number of hydrogen-bond donors (Lipinski definition) is 0. The van der Waals surface area contributed by atoms with E-state index in [1.165, 1.54) is 43.4 Å². The van der Waals surface area contributed by atoms with Gasteiger partial charge < -0.3 is 4.90 Å². The molecule has 0 aliphatic carbocycles. The molecule has 0 fully saturated rings. The van der Waals surface area contributed by atoms with Crippen LogP contribution in [0.15, 0.2) is 133 Å². The highest BCUT2D eigenvalue weighted by Crippen LogP contribution is 2.41. The van der Waals surface area contributed by atoms with Crippen molar-refractivity contribution in [3.8, 4) is 17.2 Å². The molecule has 37 heavy (non-hydrogen) atoms. The van der Waals surface area contributed by atoms with E-state index in [-0.39, 0.29) is 0 Å². The van der Waals surface area contributed by atoms with E-state index in [0.29, 0.717) is 5.56 Å². The van der Waals surface area contributed by atoms with Crippen molar-refractivity contribution in [1.29, 1.82) is 5.26 Å². The van der Waals surface area contributed by atoms with Crippen molar-refractivity contribution >= 4 is 49.4 Å². The second-order valence-electron chi connectivity index (χ2n) is 9.38. The minimum absolute atomic E-state index is 0.652. The molecule has 7 rings (SSSR count). The molecule has 0 saturated heterocycles. The predicted molar refractivity (Wildman–Crippen MR) is 155 cm³/mol. The van der Waals surface area contributed by atoms with Crippen LogP contribution in [0.1, 0.15) is 5.56 Å². The molecule has 0 heterocycles. The van der Waals surface area contributed by atoms with Gasteiger partial charge in [-0.05, 0) is 92.0 Å².